The van der Waals surface area contributed by atoms with Gasteiger partial charge in [-0.05, 0) is 63.3 Å². The Labute approximate surface area is 125 Å². The van der Waals surface area contributed by atoms with Crippen LogP contribution in [0.25, 0.3) is 0 Å². The van der Waals surface area contributed by atoms with Crippen LogP contribution in [0.15, 0.2) is 0 Å². The van der Waals surface area contributed by atoms with Crippen molar-refractivity contribution in [2.24, 2.45) is 5.41 Å². The minimum atomic E-state index is 0.310. The Hall–Kier alpha value is -0.0800. The Morgan fingerprint density at radius 1 is 1.00 bits per heavy atom. The molecule has 1 saturated heterocycles. The van der Waals surface area contributed by atoms with Gasteiger partial charge in [-0.15, -0.1) is 0 Å². The molecule has 1 N–H and O–H groups in total. The van der Waals surface area contributed by atoms with Crippen LogP contribution in [0, 0.1) is 5.41 Å². The second-order valence-corrected chi connectivity index (χ2v) is 7.76. The van der Waals surface area contributed by atoms with Gasteiger partial charge in [-0.2, -0.15) is 0 Å². The Balaban J connectivity index is 1.50. The molecule has 116 valence electrons. The lowest BCUT2D eigenvalue weighted by Crippen LogP contribution is -2.43. The van der Waals surface area contributed by atoms with Gasteiger partial charge in [-0.1, -0.05) is 32.6 Å². The first-order valence-electron chi connectivity index (χ1n) is 9.15. The highest BCUT2D eigenvalue weighted by Crippen LogP contribution is 2.49. The summed E-state index contributed by atoms with van der Waals surface area (Å²) in [7, 11) is 0. The SMILES string of the molecule is CCCNCC1(CC2CCC3(CCCCC3)O2)CCC1. The van der Waals surface area contributed by atoms with Crippen LogP contribution in [0.4, 0.5) is 0 Å². The zero-order valence-electron chi connectivity index (χ0n) is 13.4. The van der Waals surface area contributed by atoms with Gasteiger partial charge in [0.2, 0.25) is 0 Å². The van der Waals surface area contributed by atoms with Gasteiger partial charge in [-0.3, -0.25) is 0 Å². The molecule has 0 aromatic heterocycles. The molecule has 0 radical (unpaired) electrons. The molecule has 3 fully saturated rings. The zero-order valence-corrected chi connectivity index (χ0v) is 13.4. The average molecular weight is 279 g/mol. The van der Waals surface area contributed by atoms with E-state index in [-0.39, 0.29) is 0 Å². The van der Waals surface area contributed by atoms with Crippen LogP contribution in [0.3, 0.4) is 0 Å². The maximum atomic E-state index is 6.60. The molecule has 3 aliphatic rings. The predicted octanol–water partition coefficient (Wildman–Crippen LogP) is 4.43. The van der Waals surface area contributed by atoms with Crippen molar-refractivity contribution >= 4 is 0 Å². The van der Waals surface area contributed by atoms with E-state index in [1.807, 2.05) is 0 Å². The second-order valence-electron chi connectivity index (χ2n) is 7.76. The number of nitrogens with one attached hydrogen (secondary N) is 1. The predicted molar refractivity (Wildman–Crippen MR) is 84.0 cm³/mol. The van der Waals surface area contributed by atoms with E-state index in [9.17, 15) is 0 Å². The van der Waals surface area contributed by atoms with E-state index in [2.05, 4.69) is 12.2 Å². The van der Waals surface area contributed by atoms with Crippen LogP contribution in [-0.4, -0.2) is 24.8 Å². The van der Waals surface area contributed by atoms with E-state index in [1.54, 1.807) is 0 Å². The fourth-order valence-corrected chi connectivity index (χ4v) is 4.75. The standard InChI is InChI=1S/C18H33NO/c1-2-13-19-15-17(8-6-9-17)14-16-7-12-18(20-16)10-4-3-5-11-18/h16,19H,2-15H2,1H3. The summed E-state index contributed by atoms with van der Waals surface area (Å²) in [6.07, 6.45) is 17.0. The minimum absolute atomic E-state index is 0.310. The van der Waals surface area contributed by atoms with E-state index in [0.29, 0.717) is 17.1 Å². The molecule has 1 heterocycles. The van der Waals surface area contributed by atoms with Crippen LogP contribution in [0.1, 0.15) is 84.0 Å². The van der Waals surface area contributed by atoms with Gasteiger partial charge in [0, 0.05) is 6.54 Å². The monoisotopic (exact) mass is 279 g/mol. The Morgan fingerprint density at radius 3 is 2.45 bits per heavy atom. The normalized spacial score (nSPS) is 31.4. The summed E-state index contributed by atoms with van der Waals surface area (Å²) in [4.78, 5) is 0. The fraction of sp³-hybridized carbons (Fsp3) is 1.00. The smallest absolute Gasteiger partial charge is 0.0687 e. The average Bonchev–Trinajstić information content (AvgIpc) is 2.79. The molecule has 0 aromatic carbocycles. The number of rotatable bonds is 6. The van der Waals surface area contributed by atoms with Gasteiger partial charge in [0.1, 0.15) is 0 Å². The molecule has 3 rings (SSSR count). The maximum absolute atomic E-state index is 6.60. The maximum Gasteiger partial charge on any atom is 0.0687 e. The second kappa shape index (κ2) is 6.36. The van der Waals surface area contributed by atoms with Crippen molar-refractivity contribution in [1.29, 1.82) is 0 Å². The van der Waals surface area contributed by atoms with E-state index < -0.39 is 0 Å². The Bertz CT molecular complexity index is 305. The van der Waals surface area contributed by atoms with Crippen molar-refractivity contribution in [3.05, 3.63) is 0 Å². The highest BCUT2D eigenvalue weighted by Gasteiger charge is 2.45. The summed E-state index contributed by atoms with van der Waals surface area (Å²) in [6, 6.07) is 0. The summed E-state index contributed by atoms with van der Waals surface area (Å²) < 4.78 is 6.60. The number of ether oxygens (including phenoxy) is 1. The molecular formula is C18H33NO. The zero-order chi connectivity index (χ0) is 13.9. The Morgan fingerprint density at radius 2 is 1.80 bits per heavy atom. The molecule has 1 atom stereocenters. The Kier molecular flexibility index (Phi) is 4.72. The summed E-state index contributed by atoms with van der Waals surface area (Å²) in [6.45, 7) is 4.66. The first-order chi connectivity index (χ1) is 9.76. The molecule has 1 unspecified atom stereocenters. The van der Waals surface area contributed by atoms with Crippen LogP contribution in [0.5, 0.6) is 0 Å². The third-order valence-corrected chi connectivity index (χ3v) is 6.11. The third-order valence-electron chi connectivity index (χ3n) is 6.11. The summed E-state index contributed by atoms with van der Waals surface area (Å²) >= 11 is 0. The lowest BCUT2D eigenvalue weighted by atomic mass is 9.65. The molecule has 2 nitrogen and oxygen atoms in total. The molecule has 1 spiro atoms. The number of hydrogen-bond acceptors (Lipinski definition) is 2. The molecule has 1 aliphatic heterocycles. The van der Waals surface area contributed by atoms with Gasteiger partial charge in [0.25, 0.3) is 0 Å². The lowest BCUT2D eigenvalue weighted by molar-refractivity contribution is -0.0846. The van der Waals surface area contributed by atoms with Crippen LogP contribution >= 0.6 is 0 Å². The van der Waals surface area contributed by atoms with Crippen LogP contribution in [0.2, 0.25) is 0 Å². The van der Waals surface area contributed by atoms with Crippen molar-refractivity contribution in [2.75, 3.05) is 13.1 Å². The quantitative estimate of drug-likeness (QED) is 0.726. The van der Waals surface area contributed by atoms with Gasteiger partial charge >= 0.3 is 0 Å². The molecule has 0 bridgehead atoms. The van der Waals surface area contributed by atoms with Gasteiger partial charge in [0.15, 0.2) is 0 Å². The molecule has 2 aliphatic carbocycles. The highest BCUT2D eigenvalue weighted by atomic mass is 16.5. The van der Waals surface area contributed by atoms with E-state index in [4.69, 9.17) is 4.74 Å². The van der Waals surface area contributed by atoms with Gasteiger partial charge in [0.05, 0.1) is 11.7 Å². The molecule has 2 saturated carbocycles. The van der Waals surface area contributed by atoms with Gasteiger partial charge < -0.3 is 10.1 Å². The summed E-state index contributed by atoms with van der Waals surface area (Å²) in [5.74, 6) is 0. The third kappa shape index (κ3) is 3.22. The van der Waals surface area contributed by atoms with Crippen molar-refractivity contribution < 1.29 is 4.74 Å². The fourth-order valence-electron chi connectivity index (χ4n) is 4.75. The molecule has 0 amide bonds. The molecule has 2 heteroatoms. The molecule has 0 aromatic rings. The van der Waals surface area contributed by atoms with Crippen molar-refractivity contribution in [3.8, 4) is 0 Å². The molecule has 20 heavy (non-hydrogen) atoms. The van der Waals surface area contributed by atoms with E-state index >= 15 is 0 Å². The number of hydrogen-bond donors (Lipinski definition) is 1. The first kappa shape index (κ1) is 14.8. The van der Waals surface area contributed by atoms with Gasteiger partial charge in [-0.25, -0.2) is 0 Å². The van der Waals surface area contributed by atoms with Crippen LogP contribution < -0.4 is 5.32 Å². The van der Waals surface area contributed by atoms with E-state index in [1.165, 1.54) is 90.1 Å². The van der Waals surface area contributed by atoms with Crippen molar-refractivity contribution in [3.63, 3.8) is 0 Å². The van der Waals surface area contributed by atoms with Crippen molar-refractivity contribution in [1.82, 2.24) is 5.32 Å². The highest BCUT2D eigenvalue weighted by molar-refractivity contribution is 4.97. The van der Waals surface area contributed by atoms with E-state index in [0.717, 1.165) is 0 Å². The lowest BCUT2D eigenvalue weighted by Gasteiger charge is -2.44. The first-order valence-corrected chi connectivity index (χ1v) is 9.15. The topological polar surface area (TPSA) is 21.3 Å². The largest absolute Gasteiger partial charge is 0.372 e. The van der Waals surface area contributed by atoms with Crippen molar-refractivity contribution in [2.45, 2.75) is 95.7 Å². The summed E-state index contributed by atoms with van der Waals surface area (Å²) in [5, 5.41) is 3.67. The molecular weight excluding hydrogens is 246 g/mol. The summed E-state index contributed by atoms with van der Waals surface area (Å²) in [5.41, 5.74) is 0.894. The van der Waals surface area contributed by atoms with Crippen LogP contribution in [-0.2, 0) is 4.74 Å². The minimum Gasteiger partial charge on any atom is -0.372 e.